The predicted octanol–water partition coefficient (Wildman–Crippen LogP) is 3.86. The van der Waals surface area contributed by atoms with Gasteiger partial charge in [0.1, 0.15) is 0 Å². The summed E-state index contributed by atoms with van der Waals surface area (Å²) in [6, 6.07) is 11.7. The van der Waals surface area contributed by atoms with Gasteiger partial charge in [-0.15, -0.1) is 0 Å². The maximum absolute atomic E-state index is 12.5. The number of carbonyl (C=O) groups excluding carboxylic acids is 1. The highest BCUT2D eigenvalue weighted by Crippen LogP contribution is 2.24. The molecule has 0 spiro atoms. The van der Waals surface area contributed by atoms with Crippen molar-refractivity contribution in [2.45, 2.75) is 13.8 Å². The largest absolute Gasteiger partial charge is 0.352 e. The second kappa shape index (κ2) is 7.08. The molecular weight excluding hydrogens is 300 g/mol. The minimum absolute atomic E-state index is 0.00723. The van der Waals surface area contributed by atoms with Crippen LogP contribution < -0.4 is 5.32 Å². The van der Waals surface area contributed by atoms with Crippen molar-refractivity contribution >= 4 is 28.2 Å². The normalized spacial score (nSPS) is 10.6. The summed E-state index contributed by atoms with van der Waals surface area (Å²) < 4.78 is 0. The molecule has 0 aliphatic carbocycles. The van der Waals surface area contributed by atoms with Gasteiger partial charge in [-0.1, -0.05) is 18.2 Å². The smallest absolute Gasteiger partial charge is 0.255 e. The molecule has 0 atom stereocenters. The van der Waals surface area contributed by atoms with Crippen molar-refractivity contribution in [1.29, 1.82) is 0 Å². The van der Waals surface area contributed by atoms with Crippen molar-refractivity contribution in [3.63, 3.8) is 0 Å². The molecule has 24 heavy (non-hydrogen) atoms. The minimum atomic E-state index is -0.00723. The number of carbonyl (C=O) groups is 1. The van der Waals surface area contributed by atoms with E-state index in [1.807, 2.05) is 50.2 Å². The fourth-order valence-electron chi connectivity index (χ4n) is 2.68. The SMILES string of the molecule is CCN(CC)C(=O)c1cncc(Nc2cccc3cccnc23)c1. The van der Waals surface area contributed by atoms with Gasteiger partial charge >= 0.3 is 0 Å². The number of rotatable bonds is 5. The molecule has 0 unspecified atom stereocenters. The first-order chi connectivity index (χ1) is 11.7. The van der Waals surface area contributed by atoms with E-state index >= 15 is 0 Å². The van der Waals surface area contributed by atoms with E-state index < -0.39 is 0 Å². The third kappa shape index (κ3) is 3.20. The van der Waals surface area contributed by atoms with E-state index in [9.17, 15) is 4.79 Å². The second-order valence-electron chi connectivity index (χ2n) is 5.45. The van der Waals surface area contributed by atoms with Gasteiger partial charge < -0.3 is 10.2 Å². The number of anilines is 2. The molecule has 0 aliphatic heterocycles. The predicted molar refractivity (Wildman–Crippen MR) is 96.5 cm³/mol. The number of hydrogen-bond donors (Lipinski definition) is 1. The summed E-state index contributed by atoms with van der Waals surface area (Å²) in [5.41, 5.74) is 3.13. The first-order valence-electron chi connectivity index (χ1n) is 8.08. The lowest BCUT2D eigenvalue weighted by Crippen LogP contribution is -2.30. The Balaban J connectivity index is 1.91. The lowest BCUT2D eigenvalue weighted by atomic mass is 10.2. The molecule has 3 rings (SSSR count). The molecule has 0 saturated carbocycles. The molecule has 0 aliphatic rings. The van der Waals surface area contributed by atoms with E-state index in [1.165, 1.54) is 0 Å². The summed E-state index contributed by atoms with van der Waals surface area (Å²) in [4.78, 5) is 22.9. The minimum Gasteiger partial charge on any atom is -0.352 e. The summed E-state index contributed by atoms with van der Waals surface area (Å²) in [5.74, 6) is -0.00723. The summed E-state index contributed by atoms with van der Waals surface area (Å²) in [5, 5.41) is 4.38. The summed E-state index contributed by atoms with van der Waals surface area (Å²) >= 11 is 0. The highest BCUT2D eigenvalue weighted by atomic mass is 16.2. The van der Waals surface area contributed by atoms with Gasteiger partial charge in [-0.05, 0) is 32.0 Å². The lowest BCUT2D eigenvalue weighted by Gasteiger charge is -2.18. The Morgan fingerprint density at radius 2 is 1.92 bits per heavy atom. The number of para-hydroxylation sites is 1. The molecule has 2 aromatic heterocycles. The molecule has 5 heteroatoms. The number of hydrogen-bond acceptors (Lipinski definition) is 4. The first-order valence-corrected chi connectivity index (χ1v) is 8.08. The van der Waals surface area contributed by atoms with Gasteiger partial charge in [0, 0.05) is 30.9 Å². The van der Waals surface area contributed by atoms with Crippen molar-refractivity contribution in [2.24, 2.45) is 0 Å². The molecular formula is C19H20N4O. The molecule has 0 fully saturated rings. The second-order valence-corrected chi connectivity index (χ2v) is 5.45. The van der Waals surface area contributed by atoms with Crippen molar-refractivity contribution in [1.82, 2.24) is 14.9 Å². The molecule has 5 nitrogen and oxygen atoms in total. The molecule has 0 radical (unpaired) electrons. The Bertz CT molecular complexity index is 853. The Kier molecular flexibility index (Phi) is 4.70. The fraction of sp³-hybridized carbons (Fsp3) is 0.211. The zero-order valence-electron chi connectivity index (χ0n) is 13.9. The van der Waals surface area contributed by atoms with Gasteiger partial charge in [-0.25, -0.2) is 0 Å². The van der Waals surface area contributed by atoms with Crippen LogP contribution in [-0.4, -0.2) is 33.9 Å². The number of pyridine rings is 2. The fourth-order valence-corrected chi connectivity index (χ4v) is 2.68. The third-order valence-corrected chi connectivity index (χ3v) is 3.95. The Hall–Kier alpha value is -2.95. The number of fused-ring (bicyclic) bond motifs is 1. The van der Waals surface area contributed by atoms with E-state index in [4.69, 9.17) is 0 Å². The van der Waals surface area contributed by atoms with E-state index in [-0.39, 0.29) is 5.91 Å². The standard InChI is InChI=1S/C19H20N4O/c1-3-23(4-2)19(24)15-11-16(13-20-12-15)22-17-9-5-7-14-8-6-10-21-18(14)17/h5-13,22H,3-4H2,1-2H3. The maximum atomic E-state index is 12.5. The van der Waals surface area contributed by atoms with Crippen LogP contribution in [0.25, 0.3) is 10.9 Å². The molecule has 1 amide bonds. The Labute approximate surface area is 141 Å². The maximum Gasteiger partial charge on any atom is 0.255 e. The van der Waals surface area contributed by atoms with Crippen LogP contribution in [-0.2, 0) is 0 Å². The highest BCUT2D eigenvalue weighted by molar-refractivity contribution is 5.96. The molecule has 0 saturated heterocycles. The van der Waals surface area contributed by atoms with Crippen LogP contribution in [0.3, 0.4) is 0 Å². The molecule has 1 N–H and O–H groups in total. The molecule has 122 valence electrons. The molecule has 0 bridgehead atoms. The van der Waals surface area contributed by atoms with Gasteiger partial charge in [-0.2, -0.15) is 0 Å². The van der Waals surface area contributed by atoms with Crippen molar-refractivity contribution in [3.05, 3.63) is 60.6 Å². The molecule has 3 aromatic rings. The van der Waals surface area contributed by atoms with Gasteiger partial charge in [0.25, 0.3) is 5.91 Å². The zero-order valence-corrected chi connectivity index (χ0v) is 13.9. The van der Waals surface area contributed by atoms with Crippen LogP contribution in [0.2, 0.25) is 0 Å². The number of benzene rings is 1. The van der Waals surface area contributed by atoms with E-state index in [0.29, 0.717) is 18.7 Å². The van der Waals surface area contributed by atoms with Crippen LogP contribution in [0.1, 0.15) is 24.2 Å². The lowest BCUT2D eigenvalue weighted by molar-refractivity contribution is 0.0772. The Morgan fingerprint density at radius 1 is 1.12 bits per heavy atom. The topological polar surface area (TPSA) is 58.1 Å². The zero-order chi connectivity index (χ0) is 16.9. The average molecular weight is 320 g/mol. The van der Waals surface area contributed by atoms with Gasteiger partial charge in [-0.3, -0.25) is 14.8 Å². The Morgan fingerprint density at radius 3 is 2.71 bits per heavy atom. The molecule has 2 heterocycles. The van der Waals surface area contributed by atoms with Crippen molar-refractivity contribution in [3.8, 4) is 0 Å². The van der Waals surface area contributed by atoms with Gasteiger partial charge in [0.05, 0.1) is 28.7 Å². The quantitative estimate of drug-likeness (QED) is 0.775. The summed E-state index contributed by atoms with van der Waals surface area (Å²) in [6.07, 6.45) is 5.08. The molecule has 1 aromatic carbocycles. The van der Waals surface area contributed by atoms with Crippen LogP contribution in [0, 0.1) is 0 Å². The van der Waals surface area contributed by atoms with E-state index in [2.05, 4.69) is 15.3 Å². The number of amides is 1. The number of nitrogens with one attached hydrogen (secondary N) is 1. The summed E-state index contributed by atoms with van der Waals surface area (Å²) in [7, 11) is 0. The number of nitrogens with zero attached hydrogens (tertiary/aromatic N) is 3. The monoisotopic (exact) mass is 320 g/mol. The highest BCUT2D eigenvalue weighted by Gasteiger charge is 2.13. The van der Waals surface area contributed by atoms with Gasteiger partial charge in [0.2, 0.25) is 0 Å². The average Bonchev–Trinajstić information content (AvgIpc) is 2.63. The van der Waals surface area contributed by atoms with Crippen LogP contribution in [0.15, 0.2) is 55.0 Å². The van der Waals surface area contributed by atoms with Crippen molar-refractivity contribution in [2.75, 3.05) is 18.4 Å². The van der Waals surface area contributed by atoms with Crippen LogP contribution in [0.5, 0.6) is 0 Å². The summed E-state index contributed by atoms with van der Waals surface area (Å²) in [6.45, 7) is 5.30. The third-order valence-electron chi connectivity index (χ3n) is 3.95. The van der Waals surface area contributed by atoms with E-state index in [0.717, 1.165) is 22.3 Å². The first kappa shape index (κ1) is 15.9. The van der Waals surface area contributed by atoms with Crippen LogP contribution >= 0.6 is 0 Å². The van der Waals surface area contributed by atoms with E-state index in [1.54, 1.807) is 23.5 Å². The van der Waals surface area contributed by atoms with Gasteiger partial charge in [0.15, 0.2) is 0 Å². The van der Waals surface area contributed by atoms with Crippen molar-refractivity contribution < 1.29 is 4.79 Å². The van der Waals surface area contributed by atoms with Crippen LogP contribution in [0.4, 0.5) is 11.4 Å². The number of aromatic nitrogens is 2.